The second-order valence-corrected chi connectivity index (χ2v) is 8.01. The van der Waals surface area contributed by atoms with Gasteiger partial charge in [0.1, 0.15) is 6.10 Å². The number of rotatable bonds is 5. The van der Waals surface area contributed by atoms with Crippen LogP contribution in [0.3, 0.4) is 0 Å². The number of aliphatic imine (C=N–C) groups is 1. The quantitative estimate of drug-likeness (QED) is 0.631. The van der Waals surface area contributed by atoms with Gasteiger partial charge in [0.15, 0.2) is 5.96 Å². The largest absolute Gasteiger partial charge is 0.378 e. The van der Waals surface area contributed by atoms with Crippen molar-refractivity contribution in [1.82, 2.24) is 20.0 Å². The molecular weight excluding hydrogens is 342 g/mol. The number of nitrogens with one attached hydrogen (secondary N) is 1. The van der Waals surface area contributed by atoms with Crippen LogP contribution in [0.5, 0.6) is 0 Å². The van der Waals surface area contributed by atoms with Crippen LogP contribution >= 0.6 is 0 Å². The number of hydrogen-bond acceptors (Lipinski definition) is 4. The van der Waals surface area contributed by atoms with Gasteiger partial charge in [0, 0.05) is 50.0 Å². The topological polar surface area (TPSA) is 63.9 Å². The molecule has 1 aromatic heterocycles. The molecule has 1 saturated heterocycles. The molecule has 150 valence electrons. The Hall–Kier alpha value is -1.60. The number of nitrogens with zero attached hydrogens (tertiary/aromatic N) is 4. The molecule has 1 N–H and O–H groups in total. The highest BCUT2D eigenvalue weighted by molar-refractivity contribution is 5.80. The molecule has 2 saturated carbocycles. The Morgan fingerprint density at radius 1 is 1.44 bits per heavy atom. The third-order valence-corrected chi connectivity index (χ3v) is 6.51. The van der Waals surface area contributed by atoms with Crippen molar-refractivity contribution in [2.24, 2.45) is 17.5 Å². The highest BCUT2D eigenvalue weighted by Crippen LogP contribution is 2.57. The third kappa shape index (κ3) is 3.47. The Kier molecular flexibility index (Phi) is 5.41. The predicted octanol–water partition coefficient (Wildman–Crippen LogP) is 2.11. The van der Waals surface area contributed by atoms with E-state index in [-0.39, 0.29) is 6.10 Å². The van der Waals surface area contributed by atoms with E-state index in [9.17, 15) is 0 Å². The van der Waals surface area contributed by atoms with Gasteiger partial charge < -0.3 is 19.7 Å². The van der Waals surface area contributed by atoms with Gasteiger partial charge in [0.2, 0.25) is 0 Å². The summed E-state index contributed by atoms with van der Waals surface area (Å²) in [6, 6.07) is 0.479. The lowest BCUT2D eigenvalue weighted by Crippen LogP contribution is -2.69. The molecule has 3 unspecified atom stereocenters. The zero-order valence-corrected chi connectivity index (χ0v) is 16.9. The van der Waals surface area contributed by atoms with Gasteiger partial charge in [0.05, 0.1) is 25.5 Å². The van der Waals surface area contributed by atoms with E-state index in [0.29, 0.717) is 24.2 Å². The van der Waals surface area contributed by atoms with Crippen LogP contribution in [0.15, 0.2) is 17.4 Å². The van der Waals surface area contributed by atoms with Gasteiger partial charge in [-0.15, -0.1) is 0 Å². The summed E-state index contributed by atoms with van der Waals surface area (Å²) in [5, 5.41) is 8.09. The summed E-state index contributed by atoms with van der Waals surface area (Å²) in [7, 11) is 1.94. The smallest absolute Gasteiger partial charge is 0.194 e. The standard InChI is InChI=1S/C20H33N5O2/c1-4-21-19(23-17-11-18(26-5-2)20(17)7-6-8-20)25-9-10-27-16(14-25)15-12-22-24(3)13-15/h12-13,16-18H,4-11,14H2,1-3H3,(H,21,23). The minimum atomic E-state index is 0.0477. The minimum Gasteiger partial charge on any atom is -0.378 e. The van der Waals surface area contributed by atoms with Crippen molar-refractivity contribution in [2.45, 2.75) is 57.8 Å². The molecule has 1 aromatic rings. The van der Waals surface area contributed by atoms with E-state index < -0.39 is 0 Å². The number of morpholine rings is 1. The molecule has 0 amide bonds. The number of guanidine groups is 1. The first-order valence-corrected chi connectivity index (χ1v) is 10.4. The van der Waals surface area contributed by atoms with E-state index in [1.807, 2.05) is 24.1 Å². The molecule has 0 aromatic carbocycles. The van der Waals surface area contributed by atoms with Gasteiger partial charge in [-0.1, -0.05) is 6.42 Å². The highest BCUT2D eigenvalue weighted by Gasteiger charge is 2.59. The SMILES string of the molecule is CCN=C(NC1CC(OCC)C12CCC2)N1CCOC(c2cnn(C)c2)C1. The van der Waals surface area contributed by atoms with Crippen molar-refractivity contribution in [3.63, 3.8) is 0 Å². The Balaban J connectivity index is 1.43. The van der Waals surface area contributed by atoms with Crippen LogP contribution in [0.1, 0.15) is 51.2 Å². The van der Waals surface area contributed by atoms with Crippen LogP contribution in [0.25, 0.3) is 0 Å². The minimum absolute atomic E-state index is 0.0477. The molecule has 0 radical (unpaired) electrons. The molecule has 3 atom stereocenters. The molecule has 2 heterocycles. The summed E-state index contributed by atoms with van der Waals surface area (Å²) in [5.74, 6) is 1.03. The zero-order valence-electron chi connectivity index (χ0n) is 16.9. The van der Waals surface area contributed by atoms with E-state index in [2.05, 4.69) is 29.2 Å². The maximum Gasteiger partial charge on any atom is 0.194 e. The lowest BCUT2D eigenvalue weighted by atomic mass is 9.51. The summed E-state index contributed by atoms with van der Waals surface area (Å²) in [6.45, 7) is 8.19. The molecule has 3 aliphatic rings. The van der Waals surface area contributed by atoms with Gasteiger partial charge >= 0.3 is 0 Å². The number of hydrogen-bond donors (Lipinski definition) is 1. The number of ether oxygens (including phenoxy) is 2. The van der Waals surface area contributed by atoms with Gasteiger partial charge in [-0.3, -0.25) is 9.67 Å². The van der Waals surface area contributed by atoms with Crippen LogP contribution in [0.4, 0.5) is 0 Å². The van der Waals surface area contributed by atoms with Crippen LogP contribution in [-0.4, -0.2) is 65.6 Å². The van der Waals surface area contributed by atoms with Crippen LogP contribution < -0.4 is 5.32 Å². The van der Waals surface area contributed by atoms with E-state index in [4.69, 9.17) is 14.5 Å². The van der Waals surface area contributed by atoms with Crippen molar-refractivity contribution < 1.29 is 9.47 Å². The summed E-state index contributed by atoms with van der Waals surface area (Å²) in [5.41, 5.74) is 1.47. The van der Waals surface area contributed by atoms with Crippen molar-refractivity contribution in [1.29, 1.82) is 0 Å². The maximum atomic E-state index is 6.01. The van der Waals surface area contributed by atoms with Crippen molar-refractivity contribution in [3.05, 3.63) is 18.0 Å². The Labute approximate surface area is 162 Å². The molecule has 7 heteroatoms. The van der Waals surface area contributed by atoms with E-state index >= 15 is 0 Å². The molecule has 1 aliphatic heterocycles. The van der Waals surface area contributed by atoms with Crippen molar-refractivity contribution in [2.75, 3.05) is 32.8 Å². The summed E-state index contributed by atoms with van der Waals surface area (Å²) in [6.07, 6.45) is 9.37. The normalized spacial score (nSPS) is 30.1. The fraction of sp³-hybridized carbons (Fsp3) is 0.800. The van der Waals surface area contributed by atoms with Crippen molar-refractivity contribution >= 4 is 5.96 Å². The van der Waals surface area contributed by atoms with Crippen molar-refractivity contribution in [3.8, 4) is 0 Å². The first-order chi connectivity index (χ1) is 13.2. The Morgan fingerprint density at radius 3 is 2.93 bits per heavy atom. The average Bonchev–Trinajstić information content (AvgIpc) is 3.05. The average molecular weight is 376 g/mol. The monoisotopic (exact) mass is 375 g/mol. The van der Waals surface area contributed by atoms with Crippen LogP contribution in [0.2, 0.25) is 0 Å². The first-order valence-electron chi connectivity index (χ1n) is 10.4. The number of aryl methyl sites for hydroxylation is 1. The van der Waals surface area contributed by atoms with Gasteiger partial charge in [-0.2, -0.15) is 5.10 Å². The lowest BCUT2D eigenvalue weighted by Gasteiger charge is -2.61. The van der Waals surface area contributed by atoms with E-state index in [1.54, 1.807) is 0 Å². The lowest BCUT2D eigenvalue weighted by molar-refractivity contribution is -0.169. The summed E-state index contributed by atoms with van der Waals surface area (Å²) in [4.78, 5) is 7.16. The van der Waals surface area contributed by atoms with Gasteiger partial charge in [0.25, 0.3) is 0 Å². The third-order valence-electron chi connectivity index (χ3n) is 6.51. The second kappa shape index (κ2) is 7.80. The van der Waals surface area contributed by atoms with E-state index in [1.165, 1.54) is 19.3 Å². The Morgan fingerprint density at radius 2 is 2.30 bits per heavy atom. The second-order valence-electron chi connectivity index (χ2n) is 8.01. The van der Waals surface area contributed by atoms with Crippen LogP contribution in [0, 0.1) is 5.41 Å². The highest BCUT2D eigenvalue weighted by atomic mass is 16.5. The summed E-state index contributed by atoms with van der Waals surface area (Å²) < 4.78 is 13.8. The molecule has 3 fully saturated rings. The first kappa shape index (κ1) is 18.7. The van der Waals surface area contributed by atoms with E-state index in [0.717, 1.165) is 44.2 Å². The molecule has 1 spiro atoms. The molecule has 27 heavy (non-hydrogen) atoms. The number of aromatic nitrogens is 2. The van der Waals surface area contributed by atoms with Gasteiger partial charge in [-0.25, -0.2) is 0 Å². The fourth-order valence-electron chi connectivity index (χ4n) is 4.83. The molecule has 2 aliphatic carbocycles. The molecule has 4 rings (SSSR count). The predicted molar refractivity (Wildman–Crippen MR) is 105 cm³/mol. The molecule has 7 nitrogen and oxygen atoms in total. The fourth-order valence-corrected chi connectivity index (χ4v) is 4.83. The van der Waals surface area contributed by atoms with Crippen LogP contribution in [-0.2, 0) is 16.5 Å². The molecule has 0 bridgehead atoms. The Bertz CT molecular complexity index is 669. The van der Waals surface area contributed by atoms with Gasteiger partial charge in [-0.05, 0) is 33.1 Å². The molecular formula is C20H33N5O2. The summed E-state index contributed by atoms with van der Waals surface area (Å²) >= 11 is 0. The maximum absolute atomic E-state index is 6.01. The zero-order chi connectivity index (χ0) is 18.9.